The lowest BCUT2D eigenvalue weighted by atomic mass is 9.92. The van der Waals surface area contributed by atoms with Crippen LogP contribution in [0.5, 0.6) is 0 Å². The molecule has 0 heterocycles. The molecule has 1 atom stereocenters. The molecular weight excluding hydrogens is 250 g/mol. The molecule has 0 spiro atoms. The Labute approximate surface area is 118 Å². The van der Waals surface area contributed by atoms with Crippen molar-refractivity contribution in [1.82, 2.24) is 0 Å². The number of carboxylic acids is 1. The van der Waals surface area contributed by atoms with Crippen LogP contribution in [0, 0.1) is 6.92 Å². The second-order valence-electron chi connectivity index (χ2n) is 5.33. The fraction of sp³-hybridized carbons (Fsp3) is 0.235. The number of carbonyl (C=O) groups is 1. The molecule has 0 bridgehead atoms. The molecule has 1 unspecified atom stereocenters. The van der Waals surface area contributed by atoms with Crippen molar-refractivity contribution >= 4 is 5.97 Å². The van der Waals surface area contributed by atoms with E-state index >= 15 is 0 Å². The topological polar surface area (TPSA) is 63.3 Å². The Morgan fingerprint density at radius 3 is 2.45 bits per heavy atom. The number of nitrogens with two attached hydrogens (primary N) is 1. The van der Waals surface area contributed by atoms with E-state index in [0.29, 0.717) is 12.1 Å². The van der Waals surface area contributed by atoms with Gasteiger partial charge < -0.3 is 10.8 Å². The molecule has 1 aliphatic rings. The van der Waals surface area contributed by atoms with Gasteiger partial charge in [-0.25, -0.2) is 4.79 Å². The normalized spacial score (nSPS) is 15.8. The monoisotopic (exact) mass is 267 g/mol. The van der Waals surface area contributed by atoms with Crippen LogP contribution in [0.4, 0.5) is 0 Å². The maximum Gasteiger partial charge on any atom is 0.335 e. The second-order valence-corrected chi connectivity index (χ2v) is 5.33. The SMILES string of the molecule is Cc1ccc2c(c1)C(CCN)c1cc(C(=O)O)ccc1-2. The summed E-state index contributed by atoms with van der Waals surface area (Å²) in [5.41, 5.74) is 12.0. The molecule has 102 valence electrons. The molecule has 20 heavy (non-hydrogen) atoms. The average Bonchev–Trinajstić information content (AvgIpc) is 2.72. The van der Waals surface area contributed by atoms with Gasteiger partial charge in [-0.3, -0.25) is 0 Å². The van der Waals surface area contributed by atoms with E-state index in [1.165, 1.54) is 16.7 Å². The fourth-order valence-electron chi connectivity index (χ4n) is 3.09. The lowest BCUT2D eigenvalue weighted by Crippen LogP contribution is -2.07. The number of rotatable bonds is 3. The number of benzene rings is 2. The van der Waals surface area contributed by atoms with Gasteiger partial charge >= 0.3 is 5.97 Å². The molecule has 2 aromatic carbocycles. The van der Waals surface area contributed by atoms with Gasteiger partial charge in [0.05, 0.1) is 5.56 Å². The van der Waals surface area contributed by atoms with Crippen LogP contribution in [-0.4, -0.2) is 17.6 Å². The molecule has 1 aliphatic carbocycles. The molecule has 3 rings (SSSR count). The third-order valence-electron chi connectivity index (χ3n) is 4.00. The van der Waals surface area contributed by atoms with Crippen LogP contribution in [0.1, 0.15) is 39.4 Å². The predicted molar refractivity (Wildman–Crippen MR) is 79.1 cm³/mol. The molecule has 3 N–H and O–H groups in total. The van der Waals surface area contributed by atoms with E-state index in [1.54, 1.807) is 12.1 Å². The molecule has 3 heteroatoms. The van der Waals surface area contributed by atoms with Gasteiger partial charge in [-0.15, -0.1) is 0 Å². The second kappa shape index (κ2) is 4.76. The summed E-state index contributed by atoms with van der Waals surface area (Å²) < 4.78 is 0. The average molecular weight is 267 g/mol. The Hall–Kier alpha value is -2.13. The van der Waals surface area contributed by atoms with Gasteiger partial charge in [0.15, 0.2) is 0 Å². The molecule has 0 aromatic heterocycles. The zero-order valence-corrected chi connectivity index (χ0v) is 11.4. The van der Waals surface area contributed by atoms with Crippen LogP contribution in [0.15, 0.2) is 36.4 Å². The lowest BCUT2D eigenvalue weighted by Gasteiger charge is -2.13. The Morgan fingerprint density at radius 2 is 1.80 bits per heavy atom. The number of aryl methyl sites for hydroxylation is 1. The van der Waals surface area contributed by atoms with E-state index in [1.807, 2.05) is 6.07 Å². The summed E-state index contributed by atoms with van der Waals surface area (Å²) in [6.07, 6.45) is 0.840. The van der Waals surface area contributed by atoms with Crippen molar-refractivity contribution in [2.24, 2.45) is 5.73 Å². The third kappa shape index (κ3) is 1.91. The Morgan fingerprint density at radius 1 is 1.15 bits per heavy atom. The van der Waals surface area contributed by atoms with Crippen molar-refractivity contribution in [1.29, 1.82) is 0 Å². The van der Waals surface area contributed by atoms with Gasteiger partial charge in [-0.05, 0) is 54.3 Å². The molecule has 0 amide bonds. The van der Waals surface area contributed by atoms with Crippen LogP contribution in [0.3, 0.4) is 0 Å². The zero-order valence-electron chi connectivity index (χ0n) is 11.4. The summed E-state index contributed by atoms with van der Waals surface area (Å²) >= 11 is 0. The highest BCUT2D eigenvalue weighted by Crippen LogP contribution is 2.46. The van der Waals surface area contributed by atoms with Gasteiger partial charge in [-0.2, -0.15) is 0 Å². The summed E-state index contributed by atoms with van der Waals surface area (Å²) in [6, 6.07) is 11.8. The van der Waals surface area contributed by atoms with Crippen LogP contribution >= 0.6 is 0 Å². The summed E-state index contributed by atoms with van der Waals surface area (Å²) in [5, 5.41) is 9.17. The first-order chi connectivity index (χ1) is 9.61. The number of fused-ring (bicyclic) bond motifs is 3. The maximum atomic E-state index is 11.2. The van der Waals surface area contributed by atoms with Crippen molar-refractivity contribution in [3.8, 4) is 11.1 Å². The molecule has 3 nitrogen and oxygen atoms in total. The van der Waals surface area contributed by atoms with E-state index in [0.717, 1.165) is 17.5 Å². The van der Waals surface area contributed by atoms with Crippen molar-refractivity contribution in [2.75, 3.05) is 6.54 Å². The summed E-state index contributed by atoms with van der Waals surface area (Å²) in [7, 11) is 0. The molecular formula is C17H17NO2. The van der Waals surface area contributed by atoms with Crippen LogP contribution in [0.2, 0.25) is 0 Å². The summed E-state index contributed by atoms with van der Waals surface area (Å²) in [6.45, 7) is 2.67. The van der Waals surface area contributed by atoms with Crippen LogP contribution < -0.4 is 5.73 Å². The zero-order chi connectivity index (χ0) is 14.3. The van der Waals surface area contributed by atoms with E-state index in [9.17, 15) is 4.79 Å². The number of aromatic carboxylic acids is 1. The van der Waals surface area contributed by atoms with E-state index in [-0.39, 0.29) is 5.92 Å². The summed E-state index contributed by atoms with van der Waals surface area (Å²) in [5.74, 6) is -0.671. The molecule has 0 saturated carbocycles. The maximum absolute atomic E-state index is 11.2. The minimum absolute atomic E-state index is 0.212. The number of hydrogen-bond acceptors (Lipinski definition) is 2. The highest BCUT2D eigenvalue weighted by molar-refractivity contribution is 5.90. The Kier molecular flexibility index (Phi) is 3.07. The van der Waals surface area contributed by atoms with Gasteiger partial charge in [0.25, 0.3) is 0 Å². The van der Waals surface area contributed by atoms with E-state index < -0.39 is 5.97 Å². The van der Waals surface area contributed by atoms with Crippen LogP contribution in [0.25, 0.3) is 11.1 Å². The van der Waals surface area contributed by atoms with Crippen molar-refractivity contribution in [3.05, 3.63) is 58.7 Å². The molecule has 0 aliphatic heterocycles. The fourth-order valence-corrected chi connectivity index (χ4v) is 3.09. The molecule has 0 fully saturated rings. The van der Waals surface area contributed by atoms with E-state index in [2.05, 4.69) is 25.1 Å². The quantitative estimate of drug-likeness (QED) is 0.898. The Balaban J connectivity index is 2.20. The van der Waals surface area contributed by atoms with Crippen molar-refractivity contribution < 1.29 is 9.90 Å². The summed E-state index contributed by atoms with van der Waals surface area (Å²) in [4.78, 5) is 11.2. The van der Waals surface area contributed by atoms with Crippen molar-refractivity contribution in [2.45, 2.75) is 19.3 Å². The van der Waals surface area contributed by atoms with E-state index in [4.69, 9.17) is 10.8 Å². The van der Waals surface area contributed by atoms with Crippen LogP contribution in [-0.2, 0) is 0 Å². The predicted octanol–water partition coefficient (Wildman–Crippen LogP) is 3.15. The Bertz CT molecular complexity index is 691. The van der Waals surface area contributed by atoms with Gasteiger partial charge in [0.1, 0.15) is 0 Å². The van der Waals surface area contributed by atoms with Crippen molar-refractivity contribution in [3.63, 3.8) is 0 Å². The highest BCUT2D eigenvalue weighted by atomic mass is 16.4. The first kappa shape index (κ1) is 12.9. The first-order valence-electron chi connectivity index (χ1n) is 6.80. The van der Waals surface area contributed by atoms with Gasteiger partial charge in [0, 0.05) is 5.92 Å². The number of carboxylic acid groups (broad SMARTS) is 1. The minimum Gasteiger partial charge on any atom is -0.478 e. The van der Waals surface area contributed by atoms with Gasteiger partial charge in [-0.1, -0.05) is 29.8 Å². The minimum atomic E-state index is -0.883. The highest BCUT2D eigenvalue weighted by Gasteiger charge is 2.28. The molecule has 0 saturated heterocycles. The number of hydrogen-bond donors (Lipinski definition) is 2. The smallest absolute Gasteiger partial charge is 0.335 e. The third-order valence-corrected chi connectivity index (χ3v) is 4.00. The lowest BCUT2D eigenvalue weighted by molar-refractivity contribution is 0.0697. The molecule has 0 radical (unpaired) electrons. The standard InChI is InChI=1S/C17H17NO2/c1-10-2-4-12-13-5-3-11(17(19)20)9-16(13)14(6-7-18)15(12)8-10/h2-5,8-9,14H,6-7,18H2,1H3,(H,19,20). The molecule has 2 aromatic rings. The first-order valence-corrected chi connectivity index (χ1v) is 6.80. The van der Waals surface area contributed by atoms with Gasteiger partial charge in [0.2, 0.25) is 0 Å². The largest absolute Gasteiger partial charge is 0.478 e.